The summed E-state index contributed by atoms with van der Waals surface area (Å²) in [7, 11) is 0. The second-order valence-corrected chi connectivity index (χ2v) is 6.53. The van der Waals surface area contributed by atoms with Gasteiger partial charge in [-0.2, -0.15) is 0 Å². The molecule has 0 spiro atoms. The molecule has 0 aliphatic carbocycles. The quantitative estimate of drug-likeness (QED) is 0.704. The molecule has 0 unspecified atom stereocenters. The molecule has 2 aromatic carbocycles. The van der Waals surface area contributed by atoms with Crippen LogP contribution in [0.25, 0.3) is 0 Å². The molecule has 0 bridgehead atoms. The molecule has 1 saturated heterocycles. The van der Waals surface area contributed by atoms with Crippen LogP contribution in [-0.2, 0) is 11.3 Å². The predicted molar refractivity (Wildman–Crippen MR) is 102 cm³/mol. The summed E-state index contributed by atoms with van der Waals surface area (Å²) in [5, 5.41) is 5.55. The number of nitrogens with one attached hydrogen (secondary N) is 2. The molecule has 3 amide bonds. The molecule has 2 aromatic rings. The van der Waals surface area contributed by atoms with E-state index in [1.807, 2.05) is 13.0 Å². The van der Waals surface area contributed by atoms with Crippen molar-refractivity contribution in [3.63, 3.8) is 0 Å². The van der Waals surface area contributed by atoms with E-state index in [9.17, 15) is 14.4 Å². The van der Waals surface area contributed by atoms with Gasteiger partial charge in [0, 0.05) is 36.4 Å². The van der Waals surface area contributed by atoms with Gasteiger partial charge >= 0.3 is 0 Å². The molecular formula is C20H22N4O3. The van der Waals surface area contributed by atoms with Crippen LogP contribution in [0.4, 0.5) is 5.69 Å². The van der Waals surface area contributed by atoms with Crippen LogP contribution in [0, 0.1) is 6.92 Å². The number of hydrogen-bond acceptors (Lipinski definition) is 4. The van der Waals surface area contributed by atoms with Crippen LogP contribution in [-0.4, -0.2) is 42.3 Å². The molecule has 0 saturated carbocycles. The zero-order chi connectivity index (χ0) is 19.4. The van der Waals surface area contributed by atoms with E-state index < -0.39 is 0 Å². The maximum atomic E-state index is 12.4. The highest BCUT2D eigenvalue weighted by Gasteiger charge is 2.22. The molecule has 27 heavy (non-hydrogen) atoms. The van der Waals surface area contributed by atoms with Gasteiger partial charge in [0.25, 0.3) is 11.8 Å². The average Bonchev–Trinajstić information content (AvgIpc) is 2.68. The molecule has 4 N–H and O–H groups in total. The first-order valence-corrected chi connectivity index (χ1v) is 8.73. The maximum absolute atomic E-state index is 12.4. The fourth-order valence-corrected chi connectivity index (χ4v) is 2.92. The number of nitrogen functional groups attached to an aromatic ring is 1. The Bertz CT molecular complexity index is 877. The van der Waals surface area contributed by atoms with E-state index in [1.54, 1.807) is 36.4 Å². The number of rotatable bonds is 4. The second kappa shape index (κ2) is 7.90. The summed E-state index contributed by atoms with van der Waals surface area (Å²) in [4.78, 5) is 37.7. The highest BCUT2D eigenvalue weighted by atomic mass is 16.2. The Labute approximate surface area is 157 Å². The Morgan fingerprint density at radius 2 is 1.93 bits per heavy atom. The second-order valence-electron chi connectivity index (χ2n) is 6.53. The van der Waals surface area contributed by atoms with Crippen LogP contribution in [0.1, 0.15) is 31.8 Å². The normalized spacial score (nSPS) is 13.8. The van der Waals surface area contributed by atoms with Gasteiger partial charge in [-0.05, 0) is 42.3 Å². The fraction of sp³-hybridized carbons (Fsp3) is 0.250. The first-order chi connectivity index (χ1) is 12.9. The Morgan fingerprint density at radius 3 is 2.63 bits per heavy atom. The first kappa shape index (κ1) is 18.4. The van der Waals surface area contributed by atoms with Crippen molar-refractivity contribution in [2.24, 2.45) is 0 Å². The van der Waals surface area contributed by atoms with Crippen molar-refractivity contribution in [1.82, 2.24) is 15.5 Å². The number of benzene rings is 2. The van der Waals surface area contributed by atoms with E-state index in [0.717, 1.165) is 11.1 Å². The number of piperazine rings is 1. The first-order valence-electron chi connectivity index (χ1n) is 8.73. The van der Waals surface area contributed by atoms with Gasteiger partial charge in [-0.15, -0.1) is 0 Å². The third kappa shape index (κ3) is 4.44. The van der Waals surface area contributed by atoms with Crippen LogP contribution in [0.15, 0.2) is 42.5 Å². The molecule has 0 atom stereocenters. The third-order valence-corrected chi connectivity index (χ3v) is 4.49. The average molecular weight is 366 g/mol. The summed E-state index contributed by atoms with van der Waals surface area (Å²) >= 11 is 0. The number of aryl methyl sites for hydroxylation is 1. The van der Waals surface area contributed by atoms with Crippen molar-refractivity contribution in [3.8, 4) is 0 Å². The highest BCUT2D eigenvalue weighted by Crippen LogP contribution is 2.13. The van der Waals surface area contributed by atoms with E-state index in [2.05, 4.69) is 10.6 Å². The van der Waals surface area contributed by atoms with Gasteiger partial charge in [-0.3, -0.25) is 14.4 Å². The monoisotopic (exact) mass is 366 g/mol. The molecule has 0 aromatic heterocycles. The number of anilines is 1. The molecule has 1 aliphatic rings. The van der Waals surface area contributed by atoms with Crippen LogP contribution in [0.5, 0.6) is 0 Å². The minimum absolute atomic E-state index is 0.0796. The lowest BCUT2D eigenvalue weighted by atomic mass is 10.1. The van der Waals surface area contributed by atoms with Gasteiger partial charge < -0.3 is 21.3 Å². The highest BCUT2D eigenvalue weighted by molar-refractivity contribution is 5.97. The number of nitrogens with zero attached hydrogens (tertiary/aromatic N) is 1. The van der Waals surface area contributed by atoms with Crippen LogP contribution >= 0.6 is 0 Å². The van der Waals surface area contributed by atoms with Crippen molar-refractivity contribution in [1.29, 1.82) is 0 Å². The lowest BCUT2D eigenvalue weighted by molar-refractivity contribution is -0.123. The van der Waals surface area contributed by atoms with Gasteiger partial charge in [0.05, 0.1) is 6.54 Å². The minimum atomic E-state index is -0.195. The van der Waals surface area contributed by atoms with Crippen molar-refractivity contribution in [2.45, 2.75) is 13.5 Å². The summed E-state index contributed by atoms with van der Waals surface area (Å²) in [5.74, 6) is -0.513. The molecule has 7 heteroatoms. The summed E-state index contributed by atoms with van der Waals surface area (Å²) in [6.45, 7) is 3.25. The zero-order valence-corrected chi connectivity index (χ0v) is 15.1. The van der Waals surface area contributed by atoms with Gasteiger partial charge in [0.2, 0.25) is 5.91 Å². The number of hydrogen-bond donors (Lipinski definition) is 3. The topological polar surface area (TPSA) is 105 Å². The zero-order valence-electron chi connectivity index (χ0n) is 15.1. The minimum Gasteiger partial charge on any atom is -0.399 e. The summed E-state index contributed by atoms with van der Waals surface area (Å²) < 4.78 is 0. The van der Waals surface area contributed by atoms with E-state index in [-0.39, 0.29) is 24.3 Å². The number of nitrogens with two attached hydrogens (primary N) is 1. The smallest absolute Gasteiger partial charge is 0.254 e. The van der Waals surface area contributed by atoms with Crippen molar-refractivity contribution in [2.75, 3.05) is 25.4 Å². The SMILES string of the molecule is Cc1ccc(N)cc1C(=O)NCc1ccc(C(=O)N2CCNC(=O)C2)cc1. The molecule has 1 fully saturated rings. The Balaban J connectivity index is 1.60. The number of carbonyl (C=O) groups excluding carboxylic acids is 3. The van der Waals surface area contributed by atoms with Gasteiger partial charge in [0.15, 0.2) is 0 Å². The largest absolute Gasteiger partial charge is 0.399 e. The number of amides is 3. The molecule has 140 valence electrons. The predicted octanol–water partition coefficient (Wildman–Crippen LogP) is 1.08. The van der Waals surface area contributed by atoms with E-state index >= 15 is 0 Å². The molecule has 1 aliphatic heterocycles. The van der Waals surface area contributed by atoms with Gasteiger partial charge in [-0.1, -0.05) is 18.2 Å². The van der Waals surface area contributed by atoms with E-state index in [0.29, 0.717) is 36.4 Å². The Morgan fingerprint density at radius 1 is 1.19 bits per heavy atom. The molecule has 0 radical (unpaired) electrons. The molecule has 3 rings (SSSR count). The van der Waals surface area contributed by atoms with Crippen LogP contribution in [0.3, 0.4) is 0 Å². The molecular weight excluding hydrogens is 344 g/mol. The van der Waals surface area contributed by atoms with Gasteiger partial charge in [-0.25, -0.2) is 0 Å². The summed E-state index contributed by atoms with van der Waals surface area (Å²) in [5.41, 5.74) is 9.08. The fourth-order valence-electron chi connectivity index (χ4n) is 2.92. The molecule has 1 heterocycles. The standard InChI is InChI=1S/C20H22N4O3/c1-13-2-7-16(21)10-17(13)19(26)23-11-14-3-5-15(6-4-14)20(27)24-9-8-22-18(25)12-24/h2-7,10H,8-9,11-12,21H2,1H3,(H,22,25)(H,23,26). The summed E-state index contributed by atoms with van der Waals surface area (Å²) in [6, 6.07) is 12.2. The lowest BCUT2D eigenvalue weighted by Gasteiger charge is -2.26. The van der Waals surface area contributed by atoms with Crippen molar-refractivity contribution < 1.29 is 14.4 Å². The Kier molecular flexibility index (Phi) is 5.40. The van der Waals surface area contributed by atoms with E-state index in [1.165, 1.54) is 4.90 Å². The third-order valence-electron chi connectivity index (χ3n) is 4.49. The van der Waals surface area contributed by atoms with E-state index in [4.69, 9.17) is 5.73 Å². The summed E-state index contributed by atoms with van der Waals surface area (Å²) in [6.07, 6.45) is 0. The van der Waals surface area contributed by atoms with Crippen molar-refractivity contribution >= 4 is 23.4 Å². The lowest BCUT2D eigenvalue weighted by Crippen LogP contribution is -2.49. The number of carbonyl (C=O) groups is 3. The van der Waals surface area contributed by atoms with Crippen molar-refractivity contribution in [3.05, 3.63) is 64.7 Å². The molecule has 7 nitrogen and oxygen atoms in total. The van der Waals surface area contributed by atoms with Crippen LogP contribution < -0.4 is 16.4 Å². The maximum Gasteiger partial charge on any atom is 0.254 e. The van der Waals surface area contributed by atoms with Crippen LogP contribution in [0.2, 0.25) is 0 Å². The Hall–Kier alpha value is -3.35. The van der Waals surface area contributed by atoms with Gasteiger partial charge in [0.1, 0.15) is 0 Å².